The van der Waals surface area contributed by atoms with Gasteiger partial charge in [-0.1, -0.05) is 30.3 Å². The van der Waals surface area contributed by atoms with Gasteiger partial charge in [0.1, 0.15) is 18.1 Å². The Balaban J connectivity index is 1.73. The van der Waals surface area contributed by atoms with Crippen molar-refractivity contribution in [3.63, 3.8) is 0 Å². The Bertz CT molecular complexity index is 1120. The molecule has 2 aromatic carbocycles. The molecule has 0 radical (unpaired) electrons. The first kappa shape index (κ1) is 21.8. The smallest absolute Gasteiger partial charge is 0.274 e. The largest absolute Gasteiger partial charge is 0.492 e. The number of carbonyl (C=O) groups is 1. The average Bonchev–Trinajstić information content (AvgIpc) is 2.81. The summed E-state index contributed by atoms with van der Waals surface area (Å²) in [7, 11) is 0. The Morgan fingerprint density at radius 2 is 1.84 bits per heavy atom. The van der Waals surface area contributed by atoms with Crippen molar-refractivity contribution in [1.82, 2.24) is 14.7 Å². The number of amides is 1. The van der Waals surface area contributed by atoms with Gasteiger partial charge in [0, 0.05) is 12.6 Å². The number of para-hydroxylation sites is 1. The molecule has 158 valence electrons. The summed E-state index contributed by atoms with van der Waals surface area (Å²) >= 11 is 0. The standard InChI is InChI=1S/C24H24N4O3/c1-3-27(18(2)20-11-9-19(17-25)10-12-20)24(30)22-13-14-23(29)28(26-22)15-16-31-21-7-5-4-6-8-21/h4-14,18H,3,15-16H2,1-2H3. The van der Waals surface area contributed by atoms with Crippen LogP contribution in [0.2, 0.25) is 0 Å². The highest BCUT2D eigenvalue weighted by Gasteiger charge is 2.23. The number of nitrogens with zero attached hydrogens (tertiary/aromatic N) is 4. The van der Waals surface area contributed by atoms with E-state index in [2.05, 4.69) is 11.2 Å². The zero-order chi connectivity index (χ0) is 22.2. The number of aromatic nitrogens is 2. The average molecular weight is 416 g/mol. The van der Waals surface area contributed by atoms with Gasteiger partial charge in [0.2, 0.25) is 0 Å². The van der Waals surface area contributed by atoms with E-state index >= 15 is 0 Å². The minimum atomic E-state index is -0.295. The highest BCUT2D eigenvalue weighted by molar-refractivity contribution is 5.92. The van der Waals surface area contributed by atoms with Crippen LogP contribution in [0.25, 0.3) is 0 Å². The lowest BCUT2D eigenvalue weighted by Gasteiger charge is -2.28. The summed E-state index contributed by atoms with van der Waals surface area (Å²) in [6.07, 6.45) is 0. The van der Waals surface area contributed by atoms with Crippen LogP contribution in [0, 0.1) is 11.3 Å². The fourth-order valence-electron chi connectivity index (χ4n) is 3.25. The summed E-state index contributed by atoms with van der Waals surface area (Å²) in [4.78, 5) is 27.0. The molecular weight excluding hydrogens is 392 g/mol. The SMILES string of the molecule is CCN(C(=O)c1ccc(=O)n(CCOc2ccccc2)n1)C(C)c1ccc(C#N)cc1. The lowest BCUT2D eigenvalue weighted by atomic mass is 10.0. The zero-order valence-electron chi connectivity index (χ0n) is 17.6. The van der Waals surface area contributed by atoms with Crippen molar-refractivity contribution in [3.8, 4) is 11.8 Å². The first-order valence-corrected chi connectivity index (χ1v) is 10.1. The van der Waals surface area contributed by atoms with Gasteiger partial charge < -0.3 is 9.64 Å². The quantitative estimate of drug-likeness (QED) is 0.561. The van der Waals surface area contributed by atoms with E-state index in [0.29, 0.717) is 17.9 Å². The number of carbonyl (C=O) groups excluding carboxylic acids is 1. The van der Waals surface area contributed by atoms with Gasteiger partial charge in [0.15, 0.2) is 0 Å². The number of hydrogen-bond acceptors (Lipinski definition) is 5. The molecule has 31 heavy (non-hydrogen) atoms. The molecule has 0 N–H and O–H groups in total. The van der Waals surface area contributed by atoms with E-state index in [4.69, 9.17) is 10.00 Å². The molecule has 0 fully saturated rings. The van der Waals surface area contributed by atoms with Crippen molar-refractivity contribution in [2.24, 2.45) is 0 Å². The maximum absolute atomic E-state index is 13.1. The Labute approximate surface area is 181 Å². The summed E-state index contributed by atoms with van der Waals surface area (Å²) in [6.45, 7) is 4.77. The van der Waals surface area contributed by atoms with Crippen LogP contribution >= 0.6 is 0 Å². The molecule has 0 bridgehead atoms. The fourth-order valence-corrected chi connectivity index (χ4v) is 3.25. The summed E-state index contributed by atoms with van der Waals surface area (Å²) in [5.74, 6) is 0.438. The molecule has 0 aliphatic rings. The first-order valence-electron chi connectivity index (χ1n) is 10.1. The number of rotatable bonds is 8. The van der Waals surface area contributed by atoms with Crippen molar-refractivity contribution in [3.05, 3.63) is 93.9 Å². The predicted molar refractivity (Wildman–Crippen MR) is 117 cm³/mol. The minimum Gasteiger partial charge on any atom is -0.492 e. The molecule has 1 atom stereocenters. The van der Waals surface area contributed by atoms with Crippen LogP contribution in [-0.4, -0.2) is 33.7 Å². The van der Waals surface area contributed by atoms with E-state index in [1.165, 1.54) is 16.8 Å². The third kappa shape index (κ3) is 5.37. The molecular formula is C24H24N4O3. The van der Waals surface area contributed by atoms with Gasteiger partial charge in [-0.3, -0.25) is 9.59 Å². The molecule has 0 saturated heterocycles. The Morgan fingerprint density at radius 3 is 2.48 bits per heavy atom. The number of hydrogen-bond donors (Lipinski definition) is 0. The van der Waals surface area contributed by atoms with Crippen LogP contribution in [0.5, 0.6) is 5.75 Å². The van der Waals surface area contributed by atoms with Gasteiger partial charge in [0.05, 0.1) is 24.2 Å². The van der Waals surface area contributed by atoms with Crippen LogP contribution < -0.4 is 10.3 Å². The molecule has 0 spiro atoms. The van der Waals surface area contributed by atoms with Crippen LogP contribution in [0.1, 0.15) is 41.5 Å². The van der Waals surface area contributed by atoms with E-state index < -0.39 is 0 Å². The molecule has 0 saturated carbocycles. The molecule has 1 heterocycles. The van der Waals surface area contributed by atoms with Crippen LogP contribution in [0.4, 0.5) is 0 Å². The topological polar surface area (TPSA) is 88.2 Å². The second-order valence-electron chi connectivity index (χ2n) is 6.94. The number of ether oxygens (including phenoxy) is 1. The molecule has 0 aliphatic heterocycles. The second kappa shape index (κ2) is 10.2. The summed E-state index contributed by atoms with van der Waals surface area (Å²) in [5.41, 5.74) is 1.38. The third-order valence-corrected chi connectivity index (χ3v) is 4.99. The van der Waals surface area contributed by atoms with E-state index in [0.717, 1.165) is 5.56 Å². The molecule has 1 unspecified atom stereocenters. The van der Waals surface area contributed by atoms with Gasteiger partial charge in [-0.2, -0.15) is 10.4 Å². The maximum Gasteiger partial charge on any atom is 0.274 e. The van der Waals surface area contributed by atoms with E-state index in [-0.39, 0.29) is 36.4 Å². The van der Waals surface area contributed by atoms with Gasteiger partial charge >= 0.3 is 0 Å². The molecule has 3 aromatic rings. The highest BCUT2D eigenvalue weighted by Crippen LogP contribution is 2.22. The lowest BCUT2D eigenvalue weighted by Crippen LogP contribution is -2.36. The van der Waals surface area contributed by atoms with Crippen LogP contribution in [-0.2, 0) is 6.54 Å². The number of benzene rings is 2. The van der Waals surface area contributed by atoms with E-state index in [1.54, 1.807) is 17.0 Å². The van der Waals surface area contributed by atoms with Crippen LogP contribution in [0.15, 0.2) is 71.5 Å². The van der Waals surface area contributed by atoms with Gasteiger partial charge in [0.25, 0.3) is 11.5 Å². The van der Waals surface area contributed by atoms with Crippen molar-refractivity contribution < 1.29 is 9.53 Å². The summed E-state index contributed by atoms with van der Waals surface area (Å²) in [5, 5.41) is 13.2. The predicted octanol–water partition coefficient (Wildman–Crippen LogP) is 3.42. The van der Waals surface area contributed by atoms with Gasteiger partial charge in [-0.25, -0.2) is 4.68 Å². The van der Waals surface area contributed by atoms with Crippen molar-refractivity contribution in [2.75, 3.05) is 13.2 Å². The highest BCUT2D eigenvalue weighted by atomic mass is 16.5. The number of nitriles is 1. The fraction of sp³-hybridized carbons (Fsp3) is 0.250. The van der Waals surface area contributed by atoms with E-state index in [9.17, 15) is 9.59 Å². The summed E-state index contributed by atoms with van der Waals surface area (Å²) in [6, 6.07) is 21.1. The zero-order valence-corrected chi connectivity index (χ0v) is 17.6. The van der Waals surface area contributed by atoms with Crippen molar-refractivity contribution in [1.29, 1.82) is 5.26 Å². The molecule has 7 heteroatoms. The van der Waals surface area contributed by atoms with Gasteiger partial charge in [-0.05, 0) is 49.7 Å². The Hall–Kier alpha value is -3.92. The molecule has 1 aromatic heterocycles. The van der Waals surface area contributed by atoms with E-state index in [1.807, 2.05) is 56.3 Å². The Morgan fingerprint density at radius 1 is 1.13 bits per heavy atom. The molecule has 1 amide bonds. The molecule has 7 nitrogen and oxygen atoms in total. The maximum atomic E-state index is 13.1. The third-order valence-electron chi connectivity index (χ3n) is 4.99. The second-order valence-corrected chi connectivity index (χ2v) is 6.94. The Kier molecular flexibility index (Phi) is 7.17. The van der Waals surface area contributed by atoms with Crippen LogP contribution in [0.3, 0.4) is 0 Å². The van der Waals surface area contributed by atoms with Gasteiger partial charge in [-0.15, -0.1) is 0 Å². The monoisotopic (exact) mass is 416 g/mol. The van der Waals surface area contributed by atoms with Crippen molar-refractivity contribution in [2.45, 2.75) is 26.4 Å². The minimum absolute atomic E-state index is 0.196. The van der Waals surface area contributed by atoms with Crippen molar-refractivity contribution >= 4 is 5.91 Å². The lowest BCUT2D eigenvalue weighted by molar-refractivity contribution is 0.0692. The summed E-state index contributed by atoms with van der Waals surface area (Å²) < 4.78 is 6.88. The molecule has 0 aliphatic carbocycles. The first-order chi connectivity index (χ1) is 15.0. The molecule has 3 rings (SSSR count). The normalized spacial score (nSPS) is 11.4.